The van der Waals surface area contributed by atoms with E-state index in [1.54, 1.807) is 23.1 Å². The molecule has 3 heterocycles. The Morgan fingerprint density at radius 1 is 1.27 bits per heavy atom. The number of aryl methyl sites for hydroxylation is 1. The standard InChI is InChI=1S/C20H22N4O2/c1-14-12-17(14)18-4-2-16(26-18)3-5-20(25)22-19-8-11-24(23-19)13-15-6-9-21-10-7-15/h2,4,6-11,14,17H,3,5,12-13H2,1H3,(H,22,23,25). The monoisotopic (exact) mass is 350 g/mol. The quantitative estimate of drug-likeness (QED) is 0.706. The van der Waals surface area contributed by atoms with Crippen molar-refractivity contribution >= 4 is 11.7 Å². The molecule has 2 unspecified atom stereocenters. The number of hydrogen-bond donors (Lipinski definition) is 1. The van der Waals surface area contributed by atoms with Crippen LogP contribution in [-0.4, -0.2) is 20.7 Å². The van der Waals surface area contributed by atoms with E-state index in [2.05, 4.69) is 22.3 Å². The van der Waals surface area contributed by atoms with E-state index in [9.17, 15) is 4.79 Å². The highest BCUT2D eigenvalue weighted by Crippen LogP contribution is 2.47. The number of furan rings is 1. The van der Waals surface area contributed by atoms with Gasteiger partial charge in [-0.25, -0.2) is 0 Å². The van der Waals surface area contributed by atoms with Gasteiger partial charge >= 0.3 is 0 Å². The van der Waals surface area contributed by atoms with Crippen LogP contribution in [0.4, 0.5) is 5.82 Å². The molecule has 26 heavy (non-hydrogen) atoms. The van der Waals surface area contributed by atoms with Crippen LogP contribution in [0.2, 0.25) is 0 Å². The van der Waals surface area contributed by atoms with Crippen molar-refractivity contribution in [1.82, 2.24) is 14.8 Å². The van der Waals surface area contributed by atoms with Crippen LogP contribution in [0, 0.1) is 5.92 Å². The second-order valence-electron chi connectivity index (χ2n) is 6.93. The average molecular weight is 350 g/mol. The van der Waals surface area contributed by atoms with E-state index in [0.29, 0.717) is 31.1 Å². The normalized spacial score (nSPS) is 18.7. The lowest BCUT2D eigenvalue weighted by molar-refractivity contribution is -0.116. The summed E-state index contributed by atoms with van der Waals surface area (Å²) in [6.45, 7) is 2.88. The van der Waals surface area contributed by atoms with Gasteiger partial charge in [-0.3, -0.25) is 14.5 Å². The molecular weight excluding hydrogens is 328 g/mol. The molecule has 1 amide bonds. The zero-order valence-electron chi connectivity index (χ0n) is 14.8. The summed E-state index contributed by atoms with van der Waals surface area (Å²) in [5.74, 6) is 3.73. The molecule has 1 aliphatic rings. The molecule has 1 saturated carbocycles. The predicted molar refractivity (Wildman–Crippen MR) is 97.7 cm³/mol. The Balaban J connectivity index is 1.26. The fourth-order valence-corrected chi connectivity index (χ4v) is 3.08. The maximum atomic E-state index is 12.1. The zero-order valence-corrected chi connectivity index (χ0v) is 14.8. The second kappa shape index (κ2) is 7.15. The highest BCUT2D eigenvalue weighted by molar-refractivity contribution is 5.89. The van der Waals surface area contributed by atoms with E-state index in [1.807, 2.05) is 30.5 Å². The van der Waals surface area contributed by atoms with Crippen molar-refractivity contribution in [3.8, 4) is 0 Å². The maximum absolute atomic E-state index is 12.1. The molecule has 2 atom stereocenters. The number of nitrogens with zero attached hydrogens (tertiary/aromatic N) is 3. The molecular formula is C20H22N4O2. The van der Waals surface area contributed by atoms with Crippen LogP contribution in [0.1, 0.15) is 42.8 Å². The third-order valence-electron chi connectivity index (χ3n) is 4.76. The third-order valence-corrected chi connectivity index (χ3v) is 4.76. The molecule has 1 N–H and O–H groups in total. The van der Waals surface area contributed by atoms with Crippen LogP contribution < -0.4 is 5.32 Å². The largest absolute Gasteiger partial charge is 0.466 e. The summed E-state index contributed by atoms with van der Waals surface area (Å²) in [7, 11) is 0. The van der Waals surface area contributed by atoms with Gasteiger partial charge in [0.05, 0.1) is 6.54 Å². The number of aromatic nitrogens is 3. The van der Waals surface area contributed by atoms with Gasteiger partial charge in [-0.2, -0.15) is 5.10 Å². The Hall–Kier alpha value is -2.89. The van der Waals surface area contributed by atoms with Gasteiger partial charge in [-0.15, -0.1) is 0 Å². The van der Waals surface area contributed by atoms with E-state index in [1.165, 1.54) is 6.42 Å². The molecule has 6 heteroatoms. The minimum Gasteiger partial charge on any atom is -0.466 e. The number of anilines is 1. The van der Waals surface area contributed by atoms with Crippen molar-refractivity contribution in [1.29, 1.82) is 0 Å². The Bertz CT molecular complexity index is 884. The van der Waals surface area contributed by atoms with Crippen molar-refractivity contribution in [2.45, 2.75) is 38.6 Å². The number of carbonyl (C=O) groups is 1. The Kier molecular flexibility index (Phi) is 4.56. The van der Waals surface area contributed by atoms with Gasteiger partial charge in [-0.05, 0) is 42.2 Å². The summed E-state index contributed by atoms with van der Waals surface area (Å²) >= 11 is 0. The molecule has 0 aliphatic heterocycles. The number of nitrogens with one attached hydrogen (secondary N) is 1. The van der Waals surface area contributed by atoms with E-state index < -0.39 is 0 Å². The lowest BCUT2D eigenvalue weighted by Crippen LogP contribution is -2.13. The van der Waals surface area contributed by atoms with Gasteiger partial charge in [0.1, 0.15) is 11.5 Å². The molecule has 134 valence electrons. The molecule has 6 nitrogen and oxygen atoms in total. The van der Waals surface area contributed by atoms with Gasteiger partial charge in [0.2, 0.25) is 5.91 Å². The van der Waals surface area contributed by atoms with Gasteiger partial charge in [0.15, 0.2) is 5.82 Å². The first-order chi connectivity index (χ1) is 12.7. The van der Waals surface area contributed by atoms with E-state index >= 15 is 0 Å². The summed E-state index contributed by atoms with van der Waals surface area (Å²) < 4.78 is 7.64. The van der Waals surface area contributed by atoms with E-state index in [0.717, 1.165) is 23.0 Å². The topological polar surface area (TPSA) is 73.0 Å². The number of amides is 1. The second-order valence-corrected chi connectivity index (χ2v) is 6.93. The average Bonchev–Trinajstić information content (AvgIpc) is 3.02. The lowest BCUT2D eigenvalue weighted by atomic mass is 10.2. The SMILES string of the molecule is CC1CC1c1ccc(CCC(=O)Nc2ccn(Cc3ccncc3)n2)o1. The molecule has 0 spiro atoms. The maximum Gasteiger partial charge on any atom is 0.226 e. The number of pyridine rings is 1. The Labute approximate surface area is 152 Å². The van der Waals surface area contributed by atoms with Gasteiger partial charge in [0.25, 0.3) is 0 Å². The van der Waals surface area contributed by atoms with Gasteiger partial charge in [0, 0.05) is 43.4 Å². The molecule has 3 aromatic heterocycles. The smallest absolute Gasteiger partial charge is 0.226 e. The molecule has 0 radical (unpaired) electrons. The number of hydrogen-bond acceptors (Lipinski definition) is 4. The van der Waals surface area contributed by atoms with E-state index in [4.69, 9.17) is 4.42 Å². The minimum atomic E-state index is -0.0584. The molecule has 3 aromatic rings. The van der Waals surface area contributed by atoms with Crippen LogP contribution in [0.3, 0.4) is 0 Å². The fraction of sp³-hybridized carbons (Fsp3) is 0.350. The van der Waals surface area contributed by atoms with Crippen LogP contribution in [0.5, 0.6) is 0 Å². The molecule has 0 aromatic carbocycles. The van der Waals surface area contributed by atoms with E-state index in [-0.39, 0.29) is 5.91 Å². The molecule has 4 rings (SSSR count). The Morgan fingerprint density at radius 3 is 2.85 bits per heavy atom. The summed E-state index contributed by atoms with van der Waals surface area (Å²) in [6, 6.07) is 9.72. The van der Waals surface area contributed by atoms with Crippen LogP contribution in [-0.2, 0) is 17.8 Å². The summed E-state index contributed by atoms with van der Waals surface area (Å²) in [6.07, 6.45) is 7.55. The molecule has 0 bridgehead atoms. The van der Waals surface area contributed by atoms with Gasteiger partial charge in [-0.1, -0.05) is 6.92 Å². The van der Waals surface area contributed by atoms with Crippen molar-refractivity contribution in [3.05, 3.63) is 66.0 Å². The summed E-state index contributed by atoms with van der Waals surface area (Å²) in [4.78, 5) is 16.1. The molecule has 0 saturated heterocycles. The predicted octanol–water partition coefficient (Wildman–Crippen LogP) is 3.61. The zero-order chi connectivity index (χ0) is 17.9. The van der Waals surface area contributed by atoms with Crippen molar-refractivity contribution in [3.63, 3.8) is 0 Å². The summed E-state index contributed by atoms with van der Waals surface area (Å²) in [5, 5.41) is 7.23. The molecule has 1 fully saturated rings. The fourth-order valence-electron chi connectivity index (χ4n) is 3.08. The van der Waals surface area contributed by atoms with Crippen LogP contribution in [0.25, 0.3) is 0 Å². The highest BCUT2D eigenvalue weighted by atomic mass is 16.3. The third kappa shape index (κ3) is 4.02. The van der Waals surface area contributed by atoms with Crippen molar-refractivity contribution in [2.24, 2.45) is 5.92 Å². The molecule has 1 aliphatic carbocycles. The van der Waals surface area contributed by atoms with Crippen LogP contribution >= 0.6 is 0 Å². The van der Waals surface area contributed by atoms with Crippen LogP contribution in [0.15, 0.2) is 53.3 Å². The Morgan fingerprint density at radius 2 is 2.08 bits per heavy atom. The van der Waals surface area contributed by atoms with Crippen molar-refractivity contribution < 1.29 is 9.21 Å². The lowest BCUT2D eigenvalue weighted by Gasteiger charge is -2.02. The first-order valence-electron chi connectivity index (χ1n) is 8.98. The number of carbonyl (C=O) groups excluding carboxylic acids is 1. The van der Waals surface area contributed by atoms with Gasteiger partial charge < -0.3 is 9.73 Å². The highest BCUT2D eigenvalue weighted by Gasteiger charge is 2.36. The van der Waals surface area contributed by atoms with Crippen molar-refractivity contribution in [2.75, 3.05) is 5.32 Å². The number of rotatable bonds is 7. The first kappa shape index (κ1) is 16.6. The summed E-state index contributed by atoms with van der Waals surface area (Å²) in [5.41, 5.74) is 1.11. The first-order valence-corrected chi connectivity index (χ1v) is 8.98. The minimum absolute atomic E-state index is 0.0584.